The number of carbonyl (C=O) groups excluding carboxylic acids is 1. The second-order valence-electron chi connectivity index (χ2n) is 2.47. The Labute approximate surface area is 69.3 Å². The van der Waals surface area contributed by atoms with Gasteiger partial charge in [0.25, 0.3) is 0 Å². The molecule has 0 bridgehead atoms. The van der Waals surface area contributed by atoms with Gasteiger partial charge in [0.1, 0.15) is 0 Å². The fourth-order valence-corrected chi connectivity index (χ4v) is 1.32. The van der Waals surface area contributed by atoms with Gasteiger partial charge in [-0.1, -0.05) is 0 Å². The van der Waals surface area contributed by atoms with Crippen LogP contribution in [0.4, 0.5) is 0 Å². The molecule has 0 amide bonds. The molecule has 0 spiro atoms. The van der Waals surface area contributed by atoms with Crippen LogP contribution in [0, 0.1) is 0 Å². The number of ketones is 1. The van der Waals surface area contributed by atoms with Gasteiger partial charge < -0.3 is 5.73 Å². The predicted octanol–water partition coefficient (Wildman–Crippen LogP) is 1.06. The summed E-state index contributed by atoms with van der Waals surface area (Å²) in [5.74, 6) is 0.0856. The van der Waals surface area contributed by atoms with Gasteiger partial charge in [-0.3, -0.25) is 9.78 Å². The molecule has 0 radical (unpaired) electrons. The highest BCUT2D eigenvalue weighted by Gasteiger charge is 2.08. The highest BCUT2D eigenvalue weighted by Crippen LogP contribution is 2.09. The van der Waals surface area contributed by atoms with E-state index >= 15 is 0 Å². The zero-order valence-corrected chi connectivity index (χ0v) is 7.10. The van der Waals surface area contributed by atoms with Gasteiger partial charge in [-0.15, -0.1) is 11.3 Å². The average molecular weight is 170 g/mol. The number of aromatic nitrogens is 1. The molecule has 0 aliphatic carbocycles. The van der Waals surface area contributed by atoms with E-state index in [-0.39, 0.29) is 11.8 Å². The topological polar surface area (TPSA) is 56.0 Å². The third-order valence-electron chi connectivity index (χ3n) is 1.21. The molecule has 0 unspecified atom stereocenters. The van der Waals surface area contributed by atoms with Crippen molar-refractivity contribution in [3.05, 3.63) is 16.6 Å². The summed E-state index contributed by atoms with van der Waals surface area (Å²) in [6.07, 6.45) is 1.98. The van der Waals surface area contributed by atoms with E-state index in [1.165, 1.54) is 11.3 Å². The minimum Gasteiger partial charge on any atom is -0.328 e. The number of Topliss-reactive ketones (excluding diaryl/α,β-unsaturated/α-hetero) is 1. The molecule has 2 N–H and O–H groups in total. The van der Waals surface area contributed by atoms with E-state index in [2.05, 4.69) is 4.98 Å². The second kappa shape index (κ2) is 3.59. The van der Waals surface area contributed by atoms with Crippen LogP contribution in [0.25, 0.3) is 0 Å². The predicted molar refractivity (Wildman–Crippen MR) is 44.7 cm³/mol. The summed E-state index contributed by atoms with van der Waals surface area (Å²) < 4.78 is 0. The van der Waals surface area contributed by atoms with Crippen molar-refractivity contribution in [1.29, 1.82) is 0 Å². The summed E-state index contributed by atoms with van der Waals surface area (Å²) in [7, 11) is 0. The van der Waals surface area contributed by atoms with E-state index in [1.54, 1.807) is 11.7 Å². The van der Waals surface area contributed by atoms with Crippen molar-refractivity contribution in [1.82, 2.24) is 4.98 Å². The first-order valence-electron chi connectivity index (χ1n) is 3.37. The molecule has 1 aromatic rings. The minimum atomic E-state index is -0.0652. The molecule has 0 aliphatic rings. The van der Waals surface area contributed by atoms with Crippen molar-refractivity contribution in [2.45, 2.75) is 19.4 Å². The van der Waals surface area contributed by atoms with Gasteiger partial charge in [-0.05, 0) is 6.92 Å². The molecule has 0 fully saturated rings. The lowest BCUT2D eigenvalue weighted by molar-refractivity contribution is 0.0980. The fourth-order valence-electron chi connectivity index (χ4n) is 0.747. The Balaban J connectivity index is 2.57. The average Bonchev–Trinajstić information content (AvgIpc) is 2.35. The highest BCUT2D eigenvalue weighted by atomic mass is 32.1. The largest absolute Gasteiger partial charge is 0.328 e. The van der Waals surface area contributed by atoms with Gasteiger partial charge in [0, 0.05) is 18.7 Å². The lowest BCUT2D eigenvalue weighted by atomic mass is 10.1. The lowest BCUT2D eigenvalue weighted by Crippen LogP contribution is -2.19. The molecule has 1 atom stereocenters. The van der Waals surface area contributed by atoms with Gasteiger partial charge >= 0.3 is 0 Å². The van der Waals surface area contributed by atoms with Gasteiger partial charge in [-0.2, -0.15) is 0 Å². The van der Waals surface area contributed by atoms with Crippen LogP contribution in [0.5, 0.6) is 0 Å². The van der Waals surface area contributed by atoms with E-state index in [0.29, 0.717) is 11.3 Å². The smallest absolute Gasteiger partial charge is 0.175 e. The number of thiazole rings is 1. The Kier molecular flexibility index (Phi) is 2.73. The van der Waals surface area contributed by atoms with Crippen molar-refractivity contribution in [2.24, 2.45) is 5.73 Å². The van der Waals surface area contributed by atoms with E-state index in [0.717, 1.165) is 0 Å². The number of rotatable bonds is 3. The summed E-state index contributed by atoms with van der Waals surface area (Å²) in [4.78, 5) is 15.7. The van der Waals surface area contributed by atoms with Gasteiger partial charge in [0.2, 0.25) is 0 Å². The van der Waals surface area contributed by atoms with Crippen molar-refractivity contribution in [2.75, 3.05) is 0 Å². The van der Waals surface area contributed by atoms with Crippen molar-refractivity contribution < 1.29 is 4.79 Å². The van der Waals surface area contributed by atoms with Crippen molar-refractivity contribution in [3.63, 3.8) is 0 Å². The summed E-state index contributed by atoms with van der Waals surface area (Å²) in [6.45, 7) is 1.82. The summed E-state index contributed by atoms with van der Waals surface area (Å²) in [5.41, 5.74) is 7.11. The maximum atomic E-state index is 11.2. The van der Waals surface area contributed by atoms with Gasteiger partial charge in [0.15, 0.2) is 5.78 Å². The van der Waals surface area contributed by atoms with Crippen LogP contribution < -0.4 is 5.73 Å². The molecule has 4 heteroatoms. The zero-order chi connectivity index (χ0) is 8.27. The molecule has 0 aliphatic heterocycles. The summed E-state index contributed by atoms with van der Waals surface area (Å²) >= 11 is 1.36. The highest BCUT2D eigenvalue weighted by molar-refractivity contribution is 7.11. The molecule has 3 nitrogen and oxygen atoms in total. The van der Waals surface area contributed by atoms with E-state index in [1.807, 2.05) is 6.92 Å². The Bertz CT molecular complexity index is 231. The SMILES string of the molecule is C[C@@H](N)CC(=O)c1cncs1. The Morgan fingerprint density at radius 2 is 2.64 bits per heavy atom. The molecule has 60 valence electrons. The van der Waals surface area contributed by atoms with Crippen LogP contribution in [0.2, 0.25) is 0 Å². The first-order chi connectivity index (χ1) is 5.20. The van der Waals surface area contributed by atoms with E-state index in [9.17, 15) is 4.79 Å². The fraction of sp³-hybridized carbons (Fsp3) is 0.429. The maximum Gasteiger partial charge on any atom is 0.175 e. The molecule has 1 heterocycles. The van der Waals surface area contributed by atoms with Crippen LogP contribution in [-0.2, 0) is 0 Å². The van der Waals surface area contributed by atoms with Gasteiger partial charge in [-0.25, -0.2) is 0 Å². The summed E-state index contributed by atoms with van der Waals surface area (Å²) in [5, 5.41) is 0. The molecule has 0 saturated heterocycles. The Hall–Kier alpha value is -0.740. The number of nitrogens with zero attached hydrogens (tertiary/aromatic N) is 1. The van der Waals surface area contributed by atoms with Crippen LogP contribution in [0.15, 0.2) is 11.7 Å². The van der Waals surface area contributed by atoms with E-state index < -0.39 is 0 Å². The maximum absolute atomic E-state index is 11.2. The lowest BCUT2D eigenvalue weighted by Gasteiger charge is -1.99. The monoisotopic (exact) mass is 170 g/mol. The first-order valence-corrected chi connectivity index (χ1v) is 4.25. The molecule has 1 aromatic heterocycles. The molecule has 1 rings (SSSR count). The van der Waals surface area contributed by atoms with Crippen LogP contribution in [0.3, 0.4) is 0 Å². The standard InChI is InChI=1S/C7H10N2OS/c1-5(8)2-6(10)7-3-9-4-11-7/h3-5H,2,8H2,1H3/t5-/m1/s1. The summed E-state index contributed by atoms with van der Waals surface area (Å²) in [6, 6.07) is -0.0652. The minimum absolute atomic E-state index is 0.0652. The van der Waals surface area contributed by atoms with Crippen LogP contribution in [0.1, 0.15) is 23.0 Å². The Morgan fingerprint density at radius 3 is 3.09 bits per heavy atom. The molecular formula is C7H10N2OS. The Morgan fingerprint density at radius 1 is 1.91 bits per heavy atom. The third kappa shape index (κ3) is 2.40. The van der Waals surface area contributed by atoms with Crippen LogP contribution in [-0.4, -0.2) is 16.8 Å². The van der Waals surface area contributed by atoms with E-state index in [4.69, 9.17) is 5.73 Å². The van der Waals surface area contributed by atoms with Crippen molar-refractivity contribution in [3.8, 4) is 0 Å². The molecule has 11 heavy (non-hydrogen) atoms. The number of carbonyl (C=O) groups is 1. The number of nitrogens with two attached hydrogens (primary N) is 1. The third-order valence-corrected chi connectivity index (χ3v) is 2.03. The van der Waals surface area contributed by atoms with Gasteiger partial charge in [0.05, 0.1) is 10.4 Å². The second-order valence-corrected chi connectivity index (χ2v) is 3.36. The number of hydrogen-bond donors (Lipinski definition) is 1. The zero-order valence-electron chi connectivity index (χ0n) is 6.28. The van der Waals surface area contributed by atoms with Crippen LogP contribution >= 0.6 is 11.3 Å². The normalized spacial score (nSPS) is 12.9. The van der Waals surface area contributed by atoms with Crippen molar-refractivity contribution >= 4 is 17.1 Å². The quantitative estimate of drug-likeness (QED) is 0.690. The molecular weight excluding hydrogens is 160 g/mol. The number of hydrogen-bond acceptors (Lipinski definition) is 4. The molecule has 0 aromatic carbocycles. The first kappa shape index (κ1) is 8.36. The molecule has 0 saturated carbocycles.